The molecule has 0 fully saturated rings. The van der Waals surface area contributed by atoms with E-state index < -0.39 is 11.9 Å². The molecular weight excluding hydrogens is 277 g/mol. The van der Waals surface area contributed by atoms with Gasteiger partial charge in [0.1, 0.15) is 11.4 Å². The van der Waals surface area contributed by atoms with Gasteiger partial charge in [0, 0.05) is 5.56 Å². The molecule has 0 aliphatic carbocycles. The highest BCUT2D eigenvalue weighted by atomic mass is 32.2. The Hall–Kier alpha value is -1.76. The van der Waals surface area contributed by atoms with Crippen LogP contribution in [0.15, 0.2) is 35.5 Å². The summed E-state index contributed by atoms with van der Waals surface area (Å²) in [7, 11) is 0. The SMILES string of the molecule is CSc1nc(-c2ccccc2O)cc(C(F)(F)F)n1. The van der Waals surface area contributed by atoms with Crippen molar-refractivity contribution in [2.24, 2.45) is 0 Å². The van der Waals surface area contributed by atoms with Crippen molar-refractivity contribution in [1.82, 2.24) is 9.97 Å². The predicted octanol–water partition coefficient (Wildman–Crippen LogP) is 3.59. The van der Waals surface area contributed by atoms with Crippen molar-refractivity contribution in [3.63, 3.8) is 0 Å². The number of halogens is 3. The fourth-order valence-corrected chi connectivity index (χ4v) is 1.87. The number of hydrogen-bond donors (Lipinski definition) is 1. The molecule has 2 aromatic rings. The van der Waals surface area contributed by atoms with Crippen molar-refractivity contribution < 1.29 is 18.3 Å². The van der Waals surface area contributed by atoms with E-state index >= 15 is 0 Å². The normalized spacial score (nSPS) is 11.6. The Morgan fingerprint density at radius 2 is 1.84 bits per heavy atom. The molecule has 0 saturated carbocycles. The second-order valence-electron chi connectivity index (χ2n) is 3.64. The highest BCUT2D eigenvalue weighted by Gasteiger charge is 2.33. The van der Waals surface area contributed by atoms with Gasteiger partial charge in [0.15, 0.2) is 5.16 Å². The molecule has 0 radical (unpaired) electrons. The lowest BCUT2D eigenvalue weighted by Crippen LogP contribution is -2.10. The molecule has 2 rings (SSSR count). The number of thioether (sulfide) groups is 1. The van der Waals surface area contributed by atoms with Crippen LogP contribution in [0.1, 0.15) is 5.69 Å². The van der Waals surface area contributed by atoms with Crippen LogP contribution >= 0.6 is 11.8 Å². The van der Waals surface area contributed by atoms with Gasteiger partial charge in [0.2, 0.25) is 0 Å². The number of hydrogen-bond acceptors (Lipinski definition) is 4. The van der Waals surface area contributed by atoms with Gasteiger partial charge in [-0.05, 0) is 24.5 Å². The van der Waals surface area contributed by atoms with Crippen LogP contribution in [0.5, 0.6) is 5.75 Å². The number of benzene rings is 1. The zero-order valence-corrected chi connectivity index (χ0v) is 10.6. The first-order chi connectivity index (χ1) is 8.91. The number of aromatic nitrogens is 2. The third kappa shape index (κ3) is 2.98. The quantitative estimate of drug-likeness (QED) is 0.677. The lowest BCUT2D eigenvalue weighted by molar-refractivity contribution is -0.141. The second kappa shape index (κ2) is 5.08. The van der Waals surface area contributed by atoms with Gasteiger partial charge in [-0.3, -0.25) is 0 Å². The molecule has 0 aliphatic heterocycles. The Labute approximate surface area is 111 Å². The van der Waals surface area contributed by atoms with Gasteiger partial charge in [0.05, 0.1) is 5.69 Å². The Balaban J connectivity index is 2.61. The zero-order valence-electron chi connectivity index (χ0n) is 9.77. The average molecular weight is 286 g/mol. The minimum Gasteiger partial charge on any atom is -0.507 e. The van der Waals surface area contributed by atoms with E-state index in [-0.39, 0.29) is 22.2 Å². The first kappa shape index (κ1) is 13.7. The van der Waals surface area contributed by atoms with Crippen LogP contribution in [-0.2, 0) is 6.18 Å². The highest BCUT2D eigenvalue weighted by molar-refractivity contribution is 7.98. The van der Waals surface area contributed by atoms with Crippen LogP contribution in [0.4, 0.5) is 13.2 Å². The molecule has 100 valence electrons. The first-order valence-corrected chi connectivity index (χ1v) is 6.43. The van der Waals surface area contributed by atoms with E-state index in [2.05, 4.69) is 9.97 Å². The van der Waals surface area contributed by atoms with E-state index in [0.29, 0.717) is 0 Å². The number of alkyl halides is 3. The summed E-state index contributed by atoms with van der Waals surface area (Å²) in [4.78, 5) is 7.41. The van der Waals surface area contributed by atoms with Crippen molar-refractivity contribution in [2.45, 2.75) is 11.3 Å². The first-order valence-electron chi connectivity index (χ1n) is 5.20. The van der Waals surface area contributed by atoms with Crippen LogP contribution in [0.25, 0.3) is 11.3 Å². The Bertz CT molecular complexity index is 602. The topological polar surface area (TPSA) is 46.0 Å². The van der Waals surface area contributed by atoms with E-state index in [1.807, 2.05) is 0 Å². The van der Waals surface area contributed by atoms with Crippen molar-refractivity contribution in [3.05, 3.63) is 36.0 Å². The maximum atomic E-state index is 12.7. The summed E-state index contributed by atoms with van der Waals surface area (Å²) in [5, 5.41) is 9.68. The minimum atomic E-state index is -4.55. The molecule has 0 bridgehead atoms. The van der Waals surface area contributed by atoms with E-state index in [0.717, 1.165) is 17.8 Å². The summed E-state index contributed by atoms with van der Waals surface area (Å²) >= 11 is 1.01. The molecule has 0 aliphatic rings. The van der Waals surface area contributed by atoms with Crippen LogP contribution < -0.4 is 0 Å². The molecule has 0 saturated heterocycles. The highest BCUT2D eigenvalue weighted by Crippen LogP contribution is 2.34. The summed E-state index contributed by atoms with van der Waals surface area (Å²) in [5.41, 5.74) is -0.736. The van der Waals surface area contributed by atoms with E-state index in [9.17, 15) is 18.3 Å². The van der Waals surface area contributed by atoms with E-state index in [1.54, 1.807) is 18.4 Å². The summed E-state index contributed by atoms with van der Waals surface area (Å²) in [6.07, 6.45) is -2.96. The molecule has 0 atom stereocenters. The van der Waals surface area contributed by atoms with Gasteiger partial charge >= 0.3 is 6.18 Å². The molecule has 0 spiro atoms. The summed E-state index contributed by atoms with van der Waals surface area (Å²) < 4.78 is 38.2. The number of aromatic hydroxyl groups is 1. The molecule has 3 nitrogen and oxygen atoms in total. The predicted molar refractivity (Wildman–Crippen MR) is 65.9 cm³/mol. The van der Waals surface area contributed by atoms with Crippen molar-refractivity contribution in [3.8, 4) is 17.0 Å². The molecule has 0 unspecified atom stereocenters. The lowest BCUT2D eigenvalue weighted by Gasteiger charge is -2.10. The fraction of sp³-hybridized carbons (Fsp3) is 0.167. The standard InChI is InChI=1S/C12H9F3N2OS/c1-19-11-16-8(6-10(17-11)12(13,14)15)7-4-2-3-5-9(7)18/h2-6,18H,1H3. The van der Waals surface area contributed by atoms with Gasteiger partial charge in [-0.2, -0.15) is 13.2 Å². The average Bonchev–Trinajstić information content (AvgIpc) is 2.37. The van der Waals surface area contributed by atoms with Gasteiger partial charge < -0.3 is 5.11 Å². The van der Waals surface area contributed by atoms with Crippen LogP contribution in [0.3, 0.4) is 0 Å². The summed E-state index contributed by atoms with van der Waals surface area (Å²) in [5.74, 6) is -0.124. The molecule has 7 heteroatoms. The van der Waals surface area contributed by atoms with Crippen LogP contribution in [0.2, 0.25) is 0 Å². The summed E-state index contributed by atoms with van der Waals surface area (Å²) in [6.45, 7) is 0. The van der Waals surface area contributed by atoms with Gasteiger partial charge in [-0.1, -0.05) is 23.9 Å². The minimum absolute atomic E-state index is 0.00748. The van der Waals surface area contributed by atoms with Crippen LogP contribution in [-0.4, -0.2) is 21.3 Å². The maximum absolute atomic E-state index is 12.7. The molecule has 1 aromatic heterocycles. The third-order valence-electron chi connectivity index (χ3n) is 2.36. The smallest absolute Gasteiger partial charge is 0.433 e. The molecule has 19 heavy (non-hydrogen) atoms. The number of phenols is 1. The Morgan fingerprint density at radius 3 is 2.42 bits per heavy atom. The van der Waals surface area contributed by atoms with Crippen LogP contribution in [0, 0.1) is 0 Å². The maximum Gasteiger partial charge on any atom is 0.433 e. The number of rotatable bonds is 2. The number of para-hydroxylation sites is 1. The van der Waals surface area contributed by atoms with Crippen molar-refractivity contribution >= 4 is 11.8 Å². The second-order valence-corrected chi connectivity index (χ2v) is 4.41. The van der Waals surface area contributed by atoms with Gasteiger partial charge in [0.25, 0.3) is 0 Å². The molecule has 0 amide bonds. The monoisotopic (exact) mass is 286 g/mol. The fourth-order valence-electron chi connectivity index (χ4n) is 1.49. The third-order valence-corrected chi connectivity index (χ3v) is 2.91. The number of phenolic OH excluding ortho intramolecular Hbond substituents is 1. The zero-order chi connectivity index (χ0) is 14.0. The molecule has 1 aromatic carbocycles. The van der Waals surface area contributed by atoms with E-state index in [1.165, 1.54) is 12.1 Å². The Morgan fingerprint density at radius 1 is 1.16 bits per heavy atom. The van der Waals surface area contributed by atoms with Gasteiger partial charge in [-0.25, -0.2) is 9.97 Å². The molecular formula is C12H9F3N2OS. The largest absolute Gasteiger partial charge is 0.507 e. The van der Waals surface area contributed by atoms with E-state index in [4.69, 9.17) is 0 Å². The molecule has 1 N–H and O–H groups in total. The molecule has 1 heterocycles. The number of nitrogens with zero attached hydrogens (tertiary/aromatic N) is 2. The summed E-state index contributed by atoms with van der Waals surface area (Å²) in [6, 6.07) is 6.92. The lowest BCUT2D eigenvalue weighted by atomic mass is 10.1. The van der Waals surface area contributed by atoms with Crippen molar-refractivity contribution in [1.29, 1.82) is 0 Å². The van der Waals surface area contributed by atoms with Crippen molar-refractivity contribution in [2.75, 3.05) is 6.26 Å². The Kier molecular flexibility index (Phi) is 3.66. The van der Waals surface area contributed by atoms with Gasteiger partial charge in [-0.15, -0.1) is 0 Å².